The molecule has 2 aromatic heterocycles. The number of fused-ring (bicyclic) bond motifs is 1. The lowest BCUT2D eigenvalue weighted by Gasteiger charge is -2.40. The quantitative estimate of drug-likeness (QED) is 0.534. The molecule has 0 aromatic carbocycles. The van der Waals surface area contributed by atoms with Crippen molar-refractivity contribution < 1.29 is 29.0 Å². The highest BCUT2D eigenvalue weighted by Crippen LogP contribution is 2.24. The van der Waals surface area contributed by atoms with Gasteiger partial charge in [0.2, 0.25) is 11.9 Å². The number of aromatic carboxylic acids is 1. The molecule has 13 heteroatoms. The van der Waals surface area contributed by atoms with Gasteiger partial charge in [0.25, 0.3) is 0 Å². The van der Waals surface area contributed by atoms with Gasteiger partial charge in [-0.15, -0.1) is 0 Å². The van der Waals surface area contributed by atoms with Crippen LogP contribution in [-0.2, 0) is 27.2 Å². The van der Waals surface area contributed by atoms with Gasteiger partial charge in [-0.3, -0.25) is 0 Å². The summed E-state index contributed by atoms with van der Waals surface area (Å²) < 4.78 is 11.0. The first-order valence-corrected chi connectivity index (χ1v) is 13.0. The highest BCUT2D eigenvalue weighted by Gasteiger charge is 2.37. The highest BCUT2D eigenvalue weighted by atomic mass is 16.6. The number of piperazine rings is 1. The van der Waals surface area contributed by atoms with Crippen LogP contribution in [0.4, 0.5) is 16.7 Å². The van der Waals surface area contributed by atoms with E-state index in [0.717, 1.165) is 11.3 Å². The SMILES string of the molecule is CC(C)COC(=O)[C@H]1CN(c2ncc3c(n2)CCN(C(=O)OC(C)(C)C)C3)CCN1c1ncc(C(=O)O)cn1. The van der Waals surface area contributed by atoms with Gasteiger partial charge in [0.15, 0.2) is 0 Å². The predicted octanol–water partition coefficient (Wildman–Crippen LogP) is 2.15. The lowest BCUT2D eigenvalue weighted by Crippen LogP contribution is -2.58. The van der Waals surface area contributed by atoms with Crippen LogP contribution >= 0.6 is 0 Å². The summed E-state index contributed by atoms with van der Waals surface area (Å²) in [5.74, 6) is -0.650. The number of esters is 1. The Morgan fingerprint density at radius 1 is 1.05 bits per heavy atom. The van der Waals surface area contributed by atoms with Gasteiger partial charge < -0.3 is 29.3 Å². The Kier molecular flexibility index (Phi) is 8.17. The van der Waals surface area contributed by atoms with Crippen LogP contribution in [0.1, 0.15) is 56.2 Å². The number of hydrogen-bond donors (Lipinski definition) is 1. The van der Waals surface area contributed by atoms with E-state index in [1.54, 1.807) is 16.0 Å². The molecular formula is C26H35N7O6. The fourth-order valence-electron chi connectivity index (χ4n) is 4.27. The first-order chi connectivity index (χ1) is 18.4. The van der Waals surface area contributed by atoms with Crippen molar-refractivity contribution in [3.8, 4) is 0 Å². The van der Waals surface area contributed by atoms with Gasteiger partial charge in [0.1, 0.15) is 11.6 Å². The lowest BCUT2D eigenvalue weighted by molar-refractivity contribution is -0.146. The average molecular weight is 542 g/mol. The summed E-state index contributed by atoms with van der Waals surface area (Å²) in [7, 11) is 0. The minimum atomic E-state index is -1.13. The number of carbonyl (C=O) groups is 3. The Morgan fingerprint density at radius 2 is 1.74 bits per heavy atom. The van der Waals surface area contributed by atoms with E-state index in [1.807, 2.05) is 39.5 Å². The third-order valence-electron chi connectivity index (χ3n) is 6.21. The van der Waals surface area contributed by atoms with Crippen LogP contribution < -0.4 is 9.80 Å². The van der Waals surface area contributed by atoms with Crippen molar-refractivity contribution in [2.24, 2.45) is 5.92 Å². The standard InChI is InChI=1S/C26H35N7O6/c1-16(2)15-38-22(36)20-14-31(8-9-33(20)23-27-10-17(11-28-23)21(34)35)24-29-12-18-13-32(7-6-19(18)30-24)25(37)39-26(3,4)5/h10-12,16,20H,6-9,13-15H2,1-5H3,(H,34,35)/t20-/m1/s1. The van der Waals surface area contributed by atoms with E-state index >= 15 is 0 Å². The summed E-state index contributed by atoms with van der Waals surface area (Å²) in [6, 6.07) is -0.740. The van der Waals surface area contributed by atoms with Crippen LogP contribution in [0.25, 0.3) is 0 Å². The molecule has 210 valence electrons. The van der Waals surface area contributed by atoms with Crippen LogP contribution in [0.15, 0.2) is 18.6 Å². The van der Waals surface area contributed by atoms with Gasteiger partial charge >= 0.3 is 18.0 Å². The Bertz CT molecular complexity index is 1210. The summed E-state index contributed by atoms with van der Waals surface area (Å²) in [6.45, 7) is 11.6. The maximum absolute atomic E-state index is 13.1. The molecule has 0 bridgehead atoms. The number of aromatic nitrogens is 4. The first kappa shape index (κ1) is 28.0. The van der Waals surface area contributed by atoms with Crippen LogP contribution in [0, 0.1) is 5.92 Å². The molecule has 2 aromatic rings. The zero-order chi connectivity index (χ0) is 28.3. The predicted molar refractivity (Wildman–Crippen MR) is 141 cm³/mol. The molecule has 0 radical (unpaired) electrons. The number of carboxylic acids is 1. The Morgan fingerprint density at radius 3 is 2.38 bits per heavy atom. The molecule has 1 atom stereocenters. The molecule has 0 spiro atoms. The van der Waals surface area contributed by atoms with Crippen molar-refractivity contribution in [1.29, 1.82) is 0 Å². The molecule has 1 N–H and O–H groups in total. The van der Waals surface area contributed by atoms with E-state index in [0.29, 0.717) is 38.5 Å². The molecule has 1 saturated heterocycles. The molecule has 4 heterocycles. The normalized spacial score (nSPS) is 17.6. The molecule has 4 rings (SSSR count). The van der Waals surface area contributed by atoms with Gasteiger partial charge in [-0.1, -0.05) is 13.8 Å². The Labute approximate surface area is 227 Å². The fourth-order valence-corrected chi connectivity index (χ4v) is 4.27. The Hall–Kier alpha value is -4.03. The van der Waals surface area contributed by atoms with Crippen LogP contribution in [0.2, 0.25) is 0 Å². The van der Waals surface area contributed by atoms with Crippen molar-refractivity contribution in [2.75, 3.05) is 42.6 Å². The molecule has 2 aliphatic heterocycles. The maximum Gasteiger partial charge on any atom is 0.410 e. The second kappa shape index (κ2) is 11.4. The number of ether oxygens (including phenoxy) is 2. The summed E-state index contributed by atoms with van der Waals surface area (Å²) in [6.07, 6.45) is 4.37. The summed E-state index contributed by atoms with van der Waals surface area (Å²) >= 11 is 0. The van der Waals surface area contributed by atoms with E-state index in [9.17, 15) is 14.4 Å². The second-order valence-corrected chi connectivity index (χ2v) is 11.0. The molecule has 0 saturated carbocycles. The molecule has 1 amide bonds. The molecule has 2 aliphatic rings. The molecule has 39 heavy (non-hydrogen) atoms. The summed E-state index contributed by atoms with van der Waals surface area (Å²) in [4.78, 5) is 59.8. The van der Waals surface area contributed by atoms with E-state index < -0.39 is 23.6 Å². The van der Waals surface area contributed by atoms with Crippen LogP contribution in [0.5, 0.6) is 0 Å². The van der Waals surface area contributed by atoms with E-state index in [1.165, 1.54) is 12.4 Å². The molecule has 0 aliphatic carbocycles. The Balaban J connectivity index is 1.51. The molecule has 1 fully saturated rings. The number of nitrogens with zero attached hydrogens (tertiary/aromatic N) is 7. The fraction of sp³-hybridized carbons (Fsp3) is 0.577. The van der Waals surface area contributed by atoms with Crippen molar-refractivity contribution >= 4 is 29.9 Å². The largest absolute Gasteiger partial charge is 0.478 e. The van der Waals surface area contributed by atoms with E-state index in [-0.39, 0.29) is 36.7 Å². The van der Waals surface area contributed by atoms with Gasteiger partial charge in [0, 0.05) is 50.2 Å². The minimum absolute atomic E-state index is 0.0380. The monoisotopic (exact) mass is 541 g/mol. The minimum Gasteiger partial charge on any atom is -0.478 e. The number of carboxylic acid groups (broad SMARTS) is 1. The number of rotatable bonds is 6. The van der Waals surface area contributed by atoms with Gasteiger partial charge in [-0.2, -0.15) is 0 Å². The van der Waals surface area contributed by atoms with E-state index in [4.69, 9.17) is 19.6 Å². The van der Waals surface area contributed by atoms with Crippen molar-refractivity contribution in [1.82, 2.24) is 24.8 Å². The van der Waals surface area contributed by atoms with Gasteiger partial charge in [0.05, 0.1) is 31.0 Å². The van der Waals surface area contributed by atoms with Crippen molar-refractivity contribution in [2.45, 2.75) is 59.2 Å². The van der Waals surface area contributed by atoms with E-state index in [2.05, 4.69) is 15.0 Å². The highest BCUT2D eigenvalue weighted by molar-refractivity contribution is 5.87. The molecule has 0 unspecified atom stereocenters. The maximum atomic E-state index is 13.1. The van der Waals surface area contributed by atoms with Gasteiger partial charge in [-0.05, 0) is 26.7 Å². The number of hydrogen-bond acceptors (Lipinski definition) is 11. The smallest absolute Gasteiger partial charge is 0.410 e. The van der Waals surface area contributed by atoms with Crippen LogP contribution in [0.3, 0.4) is 0 Å². The molecule has 13 nitrogen and oxygen atoms in total. The summed E-state index contributed by atoms with van der Waals surface area (Å²) in [5.41, 5.74) is 1.10. The zero-order valence-corrected chi connectivity index (χ0v) is 23.0. The zero-order valence-electron chi connectivity index (χ0n) is 23.0. The topological polar surface area (TPSA) is 151 Å². The van der Waals surface area contributed by atoms with Crippen molar-refractivity contribution in [3.05, 3.63) is 35.4 Å². The number of carbonyl (C=O) groups excluding carboxylic acids is 2. The van der Waals surface area contributed by atoms with Crippen molar-refractivity contribution in [3.63, 3.8) is 0 Å². The van der Waals surface area contributed by atoms with Crippen LogP contribution in [-0.4, -0.2) is 92.4 Å². The second-order valence-electron chi connectivity index (χ2n) is 11.0. The third-order valence-corrected chi connectivity index (χ3v) is 6.21. The van der Waals surface area contributed by atoms with Gasteiger partial charge in [-0.25, -0.2) is 34.3 Å². The third kappa shape index (κ3) is 6.89. The number of amides is 1. The lowest BCUT2D eigenvalue weighted by atomic mass is 10.1. The molecular weight excluding hydrogens is 506 g/mol. The number of anilines is 2. The summed E-state index contributed by atoms with van der Waals surface area (Å²) in [5, 5.41) is 9.17. The first-order valence-electron chi connectivity index (χ1n) is 13.0. The average Bonchev–Trinajstić information content (AvgIpc) is 2.89.